The number of thioether (sulfide) groups is 1. The normalized spacial score (nSPS) is 15.2. The van der Waals surface area contributed by atoms with E-state index in [-0.39, 0.29) is 5.91 Å². The van der Waals surface area contributed by atoms with Crippen LogP contribution in [0.4, 0.5) is 0 Å². The van der Waals surface area contributed by atoms with E-state index in [0.717, 1.165) is 29.3 Å². The molecule has 3 rings (SSSR count). The zero-order valence-electron chi connectivity index (χ0n) is 11.8. The number of nitrogens with one attached hydrogen (secondary N) is 2. The maximum Gasteiger partial charge on any atom is 0.230 e. The quantitative estimate of drug-likeness (QED) is 0.834. The summed E-state index contributed by atoms with van der Waals surface area (Å²) in [5.74, 6) is 0.516. The van der Waals surface area contributed by atoms with Gasteiger partial charge in [-0.2, -0.15) is 0 Å². The number of imidazole rings is 1. The third-order valence-corrected chi connectivity index (χ3v) is 4.58. The van der Waals surface area contributed by atoms with Crippen LogP contribution in [0.3, 0.4) is 0 Å². The van der Waals surface area contributed by atoms with Crippen LogP contribution in [-0.2, 0) is 4.79 Å². The number of carbonyl (C=O) groups excluding carboxylic acids is 1. The summed E-state index contributed by atoms with van der Waals surface area (Å²) in [7, 11) is 0. The van der Waals surface area contributed by atoms with Crippen molar-refractivity contribution in [2.45, 2.75) is 36.9 Å². The Morgan fingerprint density at radius 1 is 1.29 bits per heavy atom. The fourth-order valence-electron chi connectivity index (χ4n) is 2.61. The van der Waals surface area contributed by atoms with E-state index in [9.17, 15) is 4.79 Å². The van der Waals surface area contributed by atoms with Crippen LogP contribution < -0.4 is 5.32 Å². The molecule has 0 atom stereocenters. The number of benzene rings is 1. The molecule has 1 saturated carbocycles. The monoisotopic (exact) mass is 301 g/mol. The van der Waals surface area contributed by atoms with Crippen molar-refractivity contribution in [3.05, 3.63) is 36.5 Å². The molecule has 1 fully saturated rings. The molecule has 1 aromatic carbocycles. The van der Waals surface area contributed by atoms with Gasteiger partial charge in [0.2, 0.25) is 5.91 Å². The van der Waals surface area contributed by atoms with Crippen LogP contribution in [0.2, 0.25) is 0 Å². The second-order valence-electron chi connectivity index (χ2n) is 5.31. The number of hydrogen-bond donors (Lipinski definition) is 2. The molecular formula is C16H19N3OS. The smallest absolute Gasteiger partial charge is 0.230 e. The molecule has 0 bridgehead atoms. The summed E-state index contributed by atoms with van der Waals surface area (Å²) >= 11 is 1.45. The van der Waals surface area contributed by atoms with E-state index in [2.05, 4.69) is 15.3 Å². The number of nitrogens with zero attached hydrogens (tertiary/aromatic N) is 1. The number of aromatic amines is 1. The third kappa shape index (κ3) is 3.88. The van der Waals surface area contributed by atoms with Gasteiger partial charge in [-0.1, -0.05) is 54.9 Å². The average Bonchev–Trinajstić information content (AvgIpc) is 3.17. The van der Waals surface area contributed by atoms with Crippen molar-refractivity contribution in [1.29, 1.82) is 0 Å². The van der Waals surface area contributed by atoms with E-state index in [1.165, 1.54) is 24.6 Å². The molecule has 1 aromatic heterocycles. The summed E-state index contributed by atoms with van der Waals surface area (Å²) in [5, 5.41) is 3.87. The molecule has 1 heterocycles. The lowest BCUT2D eigenvalue weighted by molar-refractivity contribution is -0.119. The molecule has 2 N–H and O–H groups in total. The van der Waals surface area contributed by atoms with Crippen LogP contribution in [0.1, 0.15) is 25.7 Å². The minimum atomic E-state index is 0.101. The summed E-state index contributed by atoms with van der Waals surface area (Å²) < 4.78 is 0. The van der Waals surface area contributed by atoms with Gasteiger partial charge in [-0.05, 0) is 18.4 Å². The lowest BCUT2D eigenvalue weighted by Gasteiger charge is -2.10. The second kappa shape index (κ2) is 6.80. The van der Waals surface area contributed by atoms with Gasteiger partial charge in [-0.15, -0.1) is 0 Å². The van der Waals surface area contributed by atoms with Gasteiger partial charge in [0.25, 0.3) is 0 Å². The predicted molar refractivity (Wildman–Crippen MR) is 85.1 cm³/mol. The summed E-state index contributed by atoms with van der Waals surface area (Å²) in [5.41, 5.74) is 2.08. The molecule has 0 saturated heterocycles. The number of amides is 1. The zero-order valence-corrected chi connectivity index (χ0v) is 12.7. The van der Waals surface area contributed by atoms with Crippen molar-refractivity contribution in [3.8, 4) is 11.3 Å². The van der Waals surface area contributed by atoms with Crippen molar-refractivity contribution >= 4 is 17.7 Å². The van der Waals surface area contributed by atoms with Crippen LogP contribution >= 0.6 is 11.8 Å². The van der Waals surface area contributed by atoms with E-state index < -0.39 is 0 Å². The van der Waals surface area contributed by atoms with Gasteiger partial charge in [0.15, 0.2) is 5.16 Å². The Labute approximate surface area is 128 Å². The van der Waals surface area contributed by atoms with Crippen molar-refractivity contribution in [1.82, 2.24) is 15.3 Å². The van der Waals surface area contributed by atoms with Crippen molar-refractivity contribution in [3.63, 3.8) is 0 Å². The minimum Gasteiger partial charge on any atom is -0.353 e. The molecule has 1 aliphatic carbocycles. The fraction of sp³-hybridized carbons (Fsp3) is 0.375. The van der Waals surface area contributed by atoms with E-state index in [1.54, 1.807) is 0 Å². The first-order valence-electron chi connectivity index (χ1n) is 7.34. The maximum absolute atomic E-state index is 11.9. The lowest BCUT2D eigenvalue weighted by atomic mass is 10.2. The van der Waals surface area contributed by atoms with Crippen LogP contribution in [-0.4, -0.2) is 27.7 Å². The molecule has 110 valence electrons. The van der Waals surface area contributed by atoms with E-state index >= 15 is 0 Å². The minimum absolute atomic E-state index is 0.101. The van der Waals surface area contributed by atoms with Gasteiger partial charge in [0, 0.05) is 6.04 Å². The number of rotatable bonds is 5. The van der Waals surface area contributed by atoms with E-state index in [1.807, 2.05) is 36.5 Å². The summed E-state index contributed by atoms with van der Waals surface area (Å²) in [4.78, 5) is 19.4. The van der Waals surface area contributed by atoms with Gasteiger partial charge in [-0.3, -0.25) is 4.79 Å². The Morgan fingerprint density at radius 3 is 2.81 bits per heavy atom. The Kier molecular flexibility index (Phi) is 4.60. The van der Waals surface area contributed by atoms with Gasteiger partial charge < -0.3 is 10.3 Å². The standard InChI is InChI=1S/C16H19N3OS/c20-15(18-13-8-4-5-9-13)11-21-16-17-10-14(19-16)12-6-2-1-3-7-12/h1-3,6-7,10,13H,4-5,8-9,11H2,(H,17,19)(H,18,20). The Morgan fingerprint density at radius 2 is 2.05 bits per heavy atom. The number of H-pyrrole nitrogens is 1. The molecule has 1 aliphatic rings. The van der Waals surface area contributed by atoms with Crippen molar-refractivity contribution < 1.29 is 4.79 Å². The zero-order chi connectivity index (χ0) is 14.5. The van der Waals surface area contributed by atoms with E-state index in [0.29, 0.717) is 11.8 Å². The molecule has 0 unspecified atom stereocenters. The predicted octanol–water partition coefficient (Wildman–Crippen LogP) is 3.23. The fourth-order valence-corrected chi connectivity index (χ4v) is 3.27. The summed E-state index contributed by atoms with van der Waals surface area (Å²) in [6.45, 7) is 0. The molecule has 0 spiro atoms. The molecule has 0 radical (unpaired) electrons. The molecule has 5 heteroatoms. The highest BCUT2D eigenvalue weighted by Gasteiger charge is 2.17. The first-order chi connectivity index (χ1) is 10.3. The number of carbonyl (C=O) groups is 1. The Bertz CT molecular complexity index is 591. The van der Waals surface area contributed by atoms with Crippen molar-refractivity contribution in [2.24, 2.45) is 0 Å². The average molecular weight is 301 g/mol. The number of hydrogen-bond acceptors (Lipinski definition) is 3. The van der Waals surface area contributed by atoms with Gasteiger partial charge in [0.05, 0.1) is 17.6 Å². The van der Waals surface area contributed by atoms with Crippen LogP contribution in [0.15, 0.2) is 41.7 Å². The third-order valence-electron chi connectivity index (χ3n) is 3.70. The molecular weight excluding hydrogens is 282 g/mol. The topological polar surface area (TPSA) is 57.8 Å². The van der Waals surface area contributed by atoms with Crippen LogP contribution in [0.25, 0.3) is 11.3 Å². The van der Waals surface area contributed by atoms with Crippen molar-refractivity contribution in [2.75, 3.05) is 5.75 Å². The number of aromatic nitrogens is 2. The Balaban J connectivity index is 1.51. The second-order valence-corrected chi connectivity index (χ2v) is 6.27. The van der Waals surface area contributed by atoms with Gasteiger partial charge in [-0.25, -0.2) is 4.98 Å². The van der Waals surface area contributed by atoms with Crippen LogP contribution in [0.5, 0.6) is 0 Å². The lowest BCUT2D eigenvalue weighted by Crippen LogP contribution is -2.33. The van der Waals surface area contributed by atoms with Crippen LogP contribution in [0, 0.1) is 0 Å². The molecule has 4 nitrogen and oxygen atoms in total. The largest absolute Gasteiger partial charge is 0.353 e. The molecule has 1 amide bonds. The summed E-state index contributed by atoms with van der Waals surface area (Å²) in [6.07, 6.45) is 6.52. The Hall–Kier alpha value is -1.75. The highest BCUT2D eigenvalue weighted by atomic mass is 32.2. The molecule has 21 heavy (non-hydrogen) atoms. The first-order valence-corrected chi connectivity index (χ1v) is 8.32. The maximum atomic E-state index is 11.9. The summed E-state index contributed by atoms with van der Waals surface area (Å²) in [6, 6.07) is 10.4. The highest BCUT2D eigenvalue weighted by molar-refractivity contribution is 7.99. The molecule has 0 aliphatic heterocycles. The first kappa shape index (κ1) is 14.2. The van der Waals surface area contributed by atoms with Gasteiger partial charge >= 0.3 is 0 Å². The molecule has 2 aromatic rings. The highest BCUT2D eigenvalue weighted by Crippen LogP contribution is 2.21. The van der Waals surface area contributed by atoms with Gasteiger partial charge in [0.1, 0.15) is 0 Å². The SMILES string of the molecule is O=C(CSc1ncc(-c2ccccc2)[nH]1)NC1CCCC1. The van der Waals surface area contributed by atoms with E-state index in [4.69, 9.17) is 0 Å².